The van der Waals surface area contributed by atoms with Gasteiger partial charge in [-0.15, -0.1) is 0 Å². The molecule has 7 nitrogen and oxygen atoms in total. The molecule has 0 radical (unpaired) electrons. The second-order valence-electron chi connectivity index (χ2n) is 12.5. The van der Waals surface area contributed by atoms with Crippen molar-refractivity contribution in [2.24, 2.45) is 16.8 Å². The van der Waals surface area contributed by atoms with E-state index in [4.69, 9.17) is 9.73 Å². The van der Waals surface area contributed by atoms with Crippen LogP contribution in [0.15, 0.2) is 76.9 Å². The summed E-state index contributed by atoms with van der Waals surface area (Å²) in [6, 6.07) is 15.9. The van der Waals surface area contributed by atoms with Crippen LogP contribution in [0.5, 0.6) is 0 Å². The van der Waals surface area contributed by atoms with Crippen LogP contribution in [0.4, 0.5) is 10.5 Å². The van der Waals surface area contributed by atoms with Crippen LogP contribution in [0.1, 0.15) is 70.1 Å². The highest BCUT2D eigenvalue weighted by molar-refractivity contribution is 7.10. The largest absolute Gasteiger partial charge is 0.481 e. The van der Waals surface area contributed by atoms with Crippen LogP contribution < -0.4 is 5.32 Å². The third-order valence-corrected chi connectivity index (χ3v) is 10.2. The number of hydrogen-bond donors (Lipinski definition) is 2. The zero-order chi connectivity index (χ0) is 30.8. The van der Waals surface area contributed by atoms with Crippen molar-refractivity contribution in [1.29, 1.82) is 0 Å². The molecule has 44 heavy (non-hydrogen) atoms. The molecule has 2 aliphatic carbocycles. The van der Waals surface area contributed by atoms with Crippen molar-refractivity contribution in [2.75, 3.05) is 5.32 Å². The Kier molecular flexibility index (Phi) is 8.54. The van der Waals surface area contributed by atoms with E-state index < -0.39 is 23.6 Å². The smallest absolute Gasteiger partial charge is 0.412 e. The molecule has 3 atom stereocenters. The van der Waals surface area contributed by atoms with E-state index >= 15 is 0 Å². The van der Waals surface area contributed by atoms with Crippen LogP contribution in [-0.2, 0) is 14.9 Å². The molecule has 1 aromatic heterocycles. The molecule has 2 N–H and O–H groups in total. The number of ether oxygens (including phenoxy) is 1. The van der Waals surface area contributed by atoms with Gasteiger partial charge < -0.3 is 9.84 Å². The summed E-state index contributed by atoms with van der Waals surface area (Å²) in [5.74, 6) is 0.279. The monoisotopic (exact) mass is 609 g/mol. The molecule has 1 amide bonds. The number of benzene rings is 2. The lowest BCUT2D eigenvalue weighted by atomic mass is 9.83. The SMILES string of the molecule is Cc1nsc(-c2ccc(-c3ccc(C4(C(=O)O)CC4)cc3)cc2)c1NC(=O)OC(C)C1=CC=C2CC(C)CCCCC2C=N1. The molecule has 1 aliphatic heterocycles. The Labute approximate surface area is 262 Å². The topological polar surface area (TPSA) is 101 Å². The molecule has 2 fully saturated rings. The molecule has 8 heteroatoms. The number of rotatable bonds is 7. The summed E-state index contributed by atoms with van der Waals surface area (Å²) in [6.45, 7) is 6.05. The molecule has 2 saturated carbocycles. The number of fused-ring (bicyclic) bond motifs is 1. The van der Waals surface area contributed by atoms with Crippen LogP contribution in [0.3, 0.4) is 0 Å². The number of nitrogens with zero attached hydrogens (tertiary/aromatic N) is 2. The Morgan fingerprint density at radius 3 is 2.34 bits per heavy atom. The fourth-order valence-corrected chi connectivity index (χ4v) is 7.18. The van der Waals surface area contributed by atoms with E-state index in [1.165, 1.54) is 36.4 Å². The summed E-state index contributed by atoms with van der Waals surface area (Å²) in [5.41, 5.74) is 6.66. The van der Waals surface area contributed by atoms with E-state index in [1.807, 2.05) is 74.7 Å². The van der Waals surface area contributed by atoms with Crippen LogP contribution in [0.25, 0.3) is 21.6 Å². The summed E-state index contributed by atoms with van der Waals surface area (Å²) in [4.78, 5) is 30.3. The van der Waals surface area contributed by atoms with Crippen molar-refractivity contribution in [3.05, 3.63) is 83.2 Å². The van der Waals surface area contributed by atoms with Gasteiger partial charge in [0.1, 0.15) is 6.10 Å². The Bertz CT molecular complexity index is 1630. The van der Waals surface area contributed by atoms with Crippen LogP contribution >= 0.6 is 11.5 Å². The third kappa shape index (κ3) is 6.27. The van der Waals surface area contributed by atoms with E-state index in [1.54, 1.807) is 0 Å². The second-order valence-corrected chi connectivity index (χ2v) is 13.3. The molecule has 3 aliphatic rings. The molecule has 6 rings (SSSR count). The Morgan fingerprint density at radius 1 is 1.00 bits per heavy atom. The Hall–Kier alpha value is -4.04. The number of carboxylic acids is 1. The number of carbonyl (C=O) groups excluding carboxylic acids is 1. The lowest BCUT2D eigenvalue weighted by Crippen LogP contribution is -2.21. The number of aliphatic carboxylic acids is 1. The number of aromatic nitrogens is 1. The predicted octanol–water partition coefficient (Wildman–Crippen LogP) is 8.95. The molecular weight excluding hydrogens is 570 g/mol. The zero-order valence-electron chi connectivity index (χ0n) is 25.5. The molecule has 0 saturated heterocycles. The van der Waals surface area contributed by atoms with Crippen molar-refractivity contribution in [3.63, 3.8) is 0 Å². The summed E-state index contributed by atoms with van der Waals surface area (Å²) >= 11 is 1.33. The molecular formula is C36H39N3O4S. The number of amides is 1. The van der Waals surface area contributed by atoms with Crippen molar-refractivity contribution in [2.45, 2.75) is 77.2 Å². The summed E-state index contributed by atoms with van der Waals surface area (Å²) in [6.07, 6.45) is 12.5. The first kappa shape index (κ1) is 30.0. The average Bonchev–Trinajstić information content (AvgIpc) is 3.78. The fourth-order valence-electron chi connectivity index (χ4n) is 6.33. The predicted molar refractivity (Wildman–Crippen MR) is 176 cm³/mol. The van der Waals surface area contributed by atoms with Crippen molar-refractivity contribution < 1.29 is 19.4 Å². The number of allylic oxidation sites excluding steroid dienone is 3. The zero-order valence-corrected chi connectivity index (χ0v) is 26.3. The number of hydrogen-bond acceptors (Lipinski definition) is 6. The minimum Gasteiger partial charge on any atom is -0.481 e. The van der Waals surface area contributed by atoms with Crippen LogP contribution in [0.2, 0.25) is 0 Å². The van der Waals surface area contributed by atoms with Gasteiger partial charge in [-0.25, -0.2) is 4.79 Å². The normalized spacial score (nSPS) is 21.4. The standard InChI is InChI=1S/C36H39N3O4S/c1-22-6-4-5-7-29-21-37-31(17-14-28(29)20-22)24(3)43-35(42)38-32-23(2)39-44-33(32)27-10-8-25(9-11-27)26-12-15-30(16-13-26)36(18-19-36)34(40)41/h8-17,21-22,24,29H,4-7,18-20H2,1-3H3,(H,38,42)(H,40,41). The summed E-state index contributed by atoms with van der Waals surface area (Å²) in [7, 11) is 0. The van der Waals surface area contributed by atoms with Gasteiger partial charge in [0.05, 0.1) is 27.4 Å². The van der Waals surface area contributed by atoms with Gasteiger partial charge in [0.2, 0.25) is 0 Å². The first-order valence-electron chi connectivity index (χ1n) is 15.6. The van der Waals surface area contributed by atoms with Crippen molar-refractivity contribution in [3.8, 4) is 21.6 Å². The summed E-state index contributed by atoms with van der Waals surface area (Å²) in [5, 5.41) is 12.5. The number of carboxylic acid groups (broad SMARTS) is 1. The van der Waals surface area contributed by atoms with Gasteiger partial charge in [-0.3, -0.25) is 15.1 Å². The maximum atomic E-state index is 13.1. The lowest BCUT2D eigenvalue weighted by molar-refractivity contribution is -0.140. The van der Waals surface area contributed by atoms with E-state index in [0.29, 0.717) is 30.4 Å². The van der Waals surface area contributed by atoms with Gasteiger partial charge in [0, 0.05) is 12.1 Å². The highest BCUT2D eigenvalue weighted by Gasteiger charge is 2.51. The van der Waals surface area contributed by atoms with Gasteiger partial charge in [0.15, 0.2) is 0 Å². The van der Waals surface area contributed by atoms with E-state index in [-0.39, 0.29) is 0 Å². The first-order chi connectivity index (χ1) is 21.2. The molecule has 0 spiro atoms. The maximum absolute atomic E-state index is 13.1. The number of aryl methyl sites for hydroxylation is 1. The maximum Gasteiger partial charge on any atom is 0.412 e. The molecule has 3 aromatic rings. The Morgan fingerprint density at radius 2 is 1.66 bits per heavy atom. The van der Waals surface area contributed by atoms with E-state index in [0.717, 1.165) is 51.4 Å². The quantitative estimate of drug-likeness (QED) is 0.278. The van der Waals surface area contributed by atoms with Gasteiger partial charge >= 0.3 is 12.1 Å². The van der Waals surface area contributed by atoms with Crippen LogP contribution in [-0.4, -0.2) is 33.9 Å². The highest BCUT2D eigenvalue weighted by atomic mass is 32.1. The minimum atomic E-state index is -0.748. The van der Waals surface area contributed by atoms with E-state index in [9.17, 15) is 14.7 Å². The molecule has 3 unspecified atom stereocenters. The van der Waals surface area contributed by atoms with E-state index in [2.05, 4.69) is 22.7 Å². The molecule has 228 valence electrons. The van der Waals surface area contributed by atoms with Crippen LogP contribution in [0, 0.1) is 18.8 Å². The summed E-state index contributed by atoms with van der Waals surface area (Å²) < 4.78 is 10.3. The van der Waals surface area contributed by atoms with Gasteiger partial charge in [-0.1, -0.05) is 86.4 Å². The third-order valence-electron chi connectivity index (χ3n) is 9.26. The highest BCUT2D eigenvalue weighted by Crippen LogP contribution is 2.48. The van der Waals surface area contributed by atoms with Gasteiger partial charge in [0.25, 0.3) is 0 Å². The van der Waals surface area contributed by atoms with Crippen molar-refractivity contribution >= 4 is 35.5 Å². The number of nitrogens with one attached hydrogen (secondary N) is 1. The average molecular weight is 610 g/mol. The molecule has 2 aromatic carbocycles. The lowest BCUT2D eigenvalue weighted by Gasteiger charge is -2.23. The molecule has 2 heterocycles. The van der Waals surface area contributed by atoms with Gasteiger partial charge in [-0.2, -0.15) is 4.37 Å². The minimum absolute atomic E-state index is 0.354. The van der Waals surface area contributed by atoms with Gasteiger partial charge in [-0.05, 0) is 85.3 Å². The first-order valence-corrected chi connectivity index (χ1v) is 16.3. The molecule has 0 bridgehead atoms. The van der Waals surface area contributed by atoms with Crippen molar-refractivity contribution in [1.82, 2.24) is 4.37 Å². The number of anilines is 1. The fraction of sp³-hybridized carbons (Fsp3) is 0.389. The second kappa shape index (κ2) is 12.5. The number of aliphatic imine (C=N–C) groups is 1. The Balaban J connectivity index is 1.12. The number of carbonyl (C=O) groups is 2.